The van der Waals surface area contributed by atoms with Crippen molar-refractivity contribution in [3.63, 3.8) is 0 Å². The Kier molecular flexibility index (Phi) is 7.21. The number of anilines is 1. The molecule has 0 aliphatic carbocycles. The number of carbonyl (C=O) groups excluding carboxylic acids is 1. The first-order valence-corrected chi connectivity index (χ1v) is 11.1. The van der Waals surface area contributed by atoms with Crippen LogP contribution in [0.3, 0.4) is 0 Å². The molecule has 0 bridgehead atoms. The zero-order valence-electron chi connectivity index (χ0n) is 19.8. The van der Waals surface area contributed by atoms with E-state index in [1.807, 2.05) is 70.2 Å². The average Bonchev–Trinajstić information content (AvgIpc) is 2.78. The van der Waals surface area contributed by atoms with Gasteiger partial charge in [0.15, 0.2) is 0 Å². The van der Waals surface area contributed by atoms with Crippen LogP contribution in [0.2, 0.25) is 0 Å². The van der Waals surface area contributed by atoms with Crippen LogP contribution in [0.4, 0.5) is 10.6 Å². The SMILES string of the molecule is CC(C)Cn1c(N(C)C(=O)O)c(-c2ccccc2)c2cc(CNC(=O)C(C)C)ccc2c1=O. The van der Waals surface area contributed by atoms with Crippen molar-refractivity contribution in [1.82, 2.24) is 9.88 Å². The largest absolute Gasteiger partial charge is 0.465 e. The molecule has 0 saturated carbocycles. The Morgan fingerprint density at radius 1 is 1.03 bits per heavy atom. The maximum absolute atomic E-state index is 13.5. The van der Waals surface area contributed by atoms with Crippen molar-refractivity contribution < 1.29 is 14.7 Å². The van der Waals surface area contributed by atoms with E-state index in [-0.39, 0.29) is 23.3 Å². The summed E-state index contributed by atoms with van der Waals surface area (Å²) in [5.74, 6) is 0.278. The zero-order chi connectivity index (χ0) is 24.3. The highest BCUT2D eigenvalue weighted by Crippen LogP contribution is 2.36. The third kappa shape index (κ3) is 5.08. The van der Waals surface area contributed by atoms with Gasteiger partial charge in [-0.2, -0.15) is 0 Å². The minimum atomic E-state index is -1.15. The van der Waals surface area contributed by atoms with E-state index in [4.69, 9.17) is 0 Å². The number of rotatable bonds is 7. The molecule has 2 amide bonds. The molecule has 0 aliphatic heterocycles. The molecule has 0 fully saturated rings. The lowest BCUT2D eigenvalue weighted by Crippen LogP contribution is -2.34. The van der Waals surface area contributed by atoms with Crippen molar-refractivity contribution in [3.8, 4) is 11.1 Å². The summed E-state index contributed by atoms with van der Waals surface area (Å²) in [6, 6.07) is 15.0. The van der Waals surface area contributed by atoms with Gasteiger partial charge in [-0.1, -0.05) is 64.1 Å². The van der Waals surface area contributed by atoms with Crippen LogP contribution < -0.4 is 15.8 Å². The second-order valence-corrected chi connectivity index (χ2v) is 8.97. The van der Waals surface area contributed by atoms with Crippen molar-refractivity contribution in [3.05, 3.63) is 64.4 Å². The zero-order valence-corrected chi connectivity index (χ0v) is 19.8. The van der Waals surface area contributed by atoms with Gasteiger partial charge in [-0.15, -0.1) is 0 Å². The van der Waals surface area contributed by atoms with E-state index in [0.29, 0.717) is 35.2 Å². The predicted octanol–water partition coefficient (Wildman–Crippen LogP) is 4.71. The smallest absolute Gasteiger partial charge is 0.412 e. The molecule has 0 saturated heterocycles. The fourth-order valence-electron chi connectivity index (χ4n) is 3.85. The third-order valence-corrected chi connectivity index (χ3v) is 5.51. The van der Waals surface area contributed by atoms with Crippen molar-refractivity contribution in [2.75, 3.05) is 11.9 Å². The highest BCUT2D eigenvalue weighted by atomic mass is 16.4. The van der Waals surface area contributed by atoms with Crippen molar-refractivity contribution in [2.24, 2.45) is 11.8 Å². The molecule has 0 spiro atoms. The van der Waals surface area contributed by atoms with Crippen LogP contribution in [-0.2, 0) is 17.9 Å². The van der Waals surface area contributed by atoms with Crippen LogP contribution in [-0.4, -0.2) is 28.7 Å². The van der Waals surface area contributed by atoms with Gasteiger partial charge in [-0.25, -0.2) is 4.79 Å². The number of benzene rings is 2. The summed E-state index contributed by atoms with van der Waals surface area (Å²) >= 11 is 0. The molecule has 0 unspecified atom stereocenters. The van der Waals surface area contributed by atoms with Crippen LogP contribution >= 0.6 is 0 Å². The first-order chi connectivity index (χ1) is 15.6. The topological polar surface area (TPSA) is 91.6 Å². The molecule has 0 atom stereocenters. The molecular weight excluding hydrogens is 418 g/mol. The van der Waals surface area contributed by atoms with Gasteiger partial charge in [0, 0.05) is 37.0 Å². The van der Waals surface area contributed by atoms with Gasteiger partial charge >= 0.3 is 6.09 Å². The minimum absolute atomic E-state index is 0.0583. The number of carboxylic acid groups (broad SMARTS) is 1. The Balaban J connectivity index is 2.36. The monoisotopic (exact) mass is 449 g/mol. The van der Waals surface area contributed by atoms with E-state index < -0.39 is 6.09 Å². The molecule has 3 aromatic rings. The van der Waals surface area contributed by atoms with Crippen molar-refractivity contribution >= 4 is 28.6 Å². The molecule has 7 nitrogen and oxygen atoms in total. The van der Waals surface area contributed by atoms with E-state index in [9.17, 15) is 19.5 Å². The summed E-state index contributed by atoms with van der Waals surface area (Å²) in [5, 5.41) is 13.9. The maximum Gasteiger partial charge on any atom is 0.412 e. The fourth-order valence-corrected chi connectivity index (χ4v) is 3.85. The van der Waals surface area contributed by atoms with Crippen LogP contribution in [0.5, 0.6) is 0 Å². The summed E-state index contributed by atoms with van der Waals surface area (Å²) in [4.78, 5) is 38.7. The number of fused-ring (bicyclic) bond motifs is 1. The molecule has 1 aromatic heterocycles. The predicted molar refractivity (Wildman–Crippen MR) is 132 cm³/mol. The molecule has 174 valence electrons. The molecule has 0 aliphatic rings. The second kappa shape index (κ2) is 9.90. The quantitative estimate of drug-likeness (QED) is 0.546. The third-order valence-electron chi connectivity index (χ3n) is 5.51. The Labute approximate surface area is 193 Å². The standard InChI is InChI=1S/C26H31N3O4/c1-16(2)15-29-24(28(5)26(32)33)22(19-9-7-6-8-10-19)21-13-18(11-12-20(21)25(29)31)14-27-23(30)17(3)4/h6-13,16-17H,14-15H2,1-5H3,(H,27,30)(H,32,33). The molecule has 0 radical (unpaired) electrons. The molecule has 7 heteroatoms. The first kappa shape index (κ1) is 24.0. The van der Waals surface area contributed by atoms with Gasteiger partial charge < -0.3 is 10.4 Å². The highest BCUT2D eigenvalue weighted by molar-refractivity contribution is 6.04. The number of hydrogen-bond acceptors (Lipinski definition) is 3. The molecular formula is C26H31N3O4. The van der Waals surface area contributed by atoms with Gasteiger partial charge in [0.05, 0.1) is 0 Å². The molecule has 2 N–H and O–H groups in total. The Morgan fingerprint density at radius 3 is 2.27 bits per heavy atom. The summed E-state index contributed by atoms with van der Waals surface area (Å²) in [6.07, 6.45) is -1.15. The number of carbonyl (C=O) groups is 2. The number of aromatic nitrogens is 1. The summed E-state index contributed by atoms with van der Waals surface area (Å²) in [5.41, 5.74) is 2.08. The average molecular weight is 450 g/mol. The lowest BCUT2D eigenvalue weighted by molar-refractivity contribution is -0.124. The fraction of sp³-hybridized carbons (Fsp3) is 0.346. The van der Waals surface area contributed by atoms with Crippen LogP contribution in [0.25, 0.3) is 21.9 Å². The number of amides is 2. The van der Waals surface area contributed by atoms with Crippen LogP contribution in [0.15, 0.2) is 53.3 Å². The van der Waals surface area contributed by atoms with E-state index >= 15 is 0 Å². The summed E-state index contributed by atoms with van der Waals surface area (Å²) in [7, 11) is 1.46. The summed E-state index contributed by atoms with van der Waals surface area (Å²) in [6.45, 7) is 8.34. The van der Waals surface area contributed by atoms with Crippen LogP contribution in [0, 0.1) is 11.8 Å². The van der Waals surface area contributed by atoms with Gasteiger partial charge in [-0.05, 0) is 34.6 Å². The Bertz CT molecular complexity index is 1230. The summed E-state index contributed by atoms with van der Waals surface area (Å²) < 4.78 is 1.56. The first-order valence-electron chi connectivity index (χ1n) is 11.1. The van der Waals surface area contributed by atoms with Crippen LogP contribution in [0.1, 0.15) is 33.3 Å². The van der Waals surface area contributed by atoms with E-state index in [2.05, 4.69) is 5.32 Å². The lowest BCUT2D eigenvalue weighted by atomic mass is 9.96. The van der Waals surface area contributed by atoms with Crippen molar-refractivity contribution in [1.29, 1.82) is 0 Å². The molecule has 2 aromatic carbocycles. The van der Waals surface area contributed by atoms with E-state index in [0.717, 1.165) is 16.0 Å². The number of nitrogens with one attached hydrogen (secondary N) is 1. The lowest BCUT2D eigenvalue weighted by Gasteiger charge is -2.26. The molecule has 1 heterocycles. The second-order valence-electron chi connectivity index (χ2n) is 8.97. The Morgan fingerprint density at radius 2 is 1.70 bits per heavy atom. The minimum Gasteiger partial charge on any atom is -0.465 e. The van der Waals surface area contributed by atoms with E-state index in [1.54, 1.807) is 10.6 Å². The number of hydrogen-bond donors (Lipinski definition) is 2. The van der Waals surface area contributed by atoms with E-state index in [1.165, 1.54) is 7.05 Å². The highest BCUT2D eigenvalue weighted by Gasteiger charge is 2.24. The van der Waals surface area contributed by atoms with Crippen molar-refractivity contribution in [2.45, 2.75) is 40.8 Å². The maximum atomic E-state index is 13.5. The number of pyridine rings is 1. The van der Waals surface area contributed by atoms with Gasteiger partial charge in [0.2, 0.25) is 5.91 Å². The Hall–Kier alpha value is -3.61. The molecule has 3 rings (SSSR count). The normalized spacial score (nSPS) is 11.2. The van der Waals surface area contributed by atoms with Gasteiger partial charge in [0.1, 0.15) is 5.82 Å². The van der Waals surface area contributed by atoms with Gasteiger partial charge in [-0.3, -0.25) is 19.1 Å². The molecule has 33 heavy (non-hydrogen) atoms. The number of nitrogens with zero attached hydrogens (tertiary/aromatic N) is 2. The van der Waals surface area contributed by atoms with Gasteiger partial charge in [0.25, 0.3) is 5.56 Å².